The third-order valence-corrected chi connectivity index (χ3v) is 10.9. The molecule has 3 aromatic rings. The van der Waals surface area contributed by atoms with Crippen LogP contribution in [0.1, 0.15) is 80.9 Å². The van der Waals surface area contributed by atoms with E-state index in [2.05, 4.69) is 18.7 Å². The van der Waals surface area contributed by atoms with Crippen molar-refractivity contribution in [2.75, 3.05) is 49.2 Å². The summed E-state index contributed by atoms with van der Waals surface area (Å²) in [5, 5.41) is 10.6. The Morgan fingerprint density at radius 2 is 1.58 bits per heavy atom. The number of sulfone groups is 1. The second-order valence-corrected chi connectivity index (χ2v) is 17.3. The number of amides is 1. The fraction of sp³-hybridized carbons (Fsp3) is 0.500. The fourth-order valence-electron chi connectivity index (χ4n) is 6.42. The lowest BCUT2D eigenvalue weighted by Crippen LogP contribution is -2.44. The Labute approximate surface area is 294 Å². The number of carboxylic acids is 1. The first-order valence-corrected chi connectivity index (χ1v) is 18.9. The number of anilines is 1. The van der Waals surface area contributed by atoms with E-state index in [-0.39, 0.29) is 41.5 Å². The molecule has 1 N–H and O–H groups in total. The van der Waals surface area contributed by atoms with Gasteiger partial charge < -0.3 is 24.4 Å². The van der Waals surface area contributed by atoms with E-state index in [0.29, 0.717) is 59.9 Å². The molecule has 0 unspecified atom stereocenters. The van der Waals surface area contributed by atoms with Gasteiger partial charge >= 0.3 is 5.97 Å². The normalized spacial score (nSPS) is 18.1. The molecule has 2 saturated heterocycles. The highest BCUT2D eigenvalue weighted by Gasteiger charge is 2.39. The fourth-order valence-corrected chi connectivity index (χ4v) is 7.62. The number of rotatable bonds is 10. The van der Waals surface area contributed by atoms with Crippen molar-refractivity contribution >= 4 is 27.4 Å². The molecule has 12 heteroatoms. The van der Waals surface area contributed by atoms with Crippen molar-refractivity contribution in [3.8, 4) is 16.9 Å². The van der Waals surface area contributed by atoms with Crippen LogP contribution in [0.15, 0.2) is 48.5 Å². The van der Waals surface area contributed by atoms with Gasteiger partial charge in [-0.15, -0.1) is 0 Å². The maximum absolute atomic E-state index is 14.4. The number of benzene rings is 2. The molecule has 0 bridgehead atoms. The Morgan fingerprint density at radius 3 is 2.14 bits per heavy atom. The average Bonchev–Trinajstić information content (AvgIpc) is 3.04. The number of piperidine rings is 1. The van der Waals surface area contributed by atoms with Gasteiger partial charge in [0.1, 0.15) is 17.3 Å². The minimum atomic E-state index is -3.25. The third kappa shape index (κ3) is 9.00. The standard InChI is InChI=1S/C38H48FN3O7S/c1-25-30(34(36(44)45)49-37(2,3)4)33(41-18-16-38(5,6)17-19-41)31(32(40-25)35(43)42-20-23-50(46,47)24-21-42)27-9-13-29(14-10-27)48-22-15-26-7-11-28(39)12-8-26/h7-14,34H,15-24H2,1-6H3,(H,44,45)/t34-/m0/s1. The van der Waals surface area contributed by atoms with Crippen molar-refractivity contribution in [1.29, 1.82) is 0 Å². The summed E-state index contributed by atoms with van der Waals surface area (Å²) in [6.45, 7) is 13.2. The van der Waals surface area contributed by atoms with Gasteiger partial charge in [-0.2, -0.15) is 0 Å². The first-order valence-electron chi connectivity index (χ1n) is 17.1. The van der Waals surface area contributed by atoms with Crippen LogP contribution < -0.4 is 9.64 Å². The highest BCUT2D eigenvalue weighted by molar-refractivity contribution is 7.91. The Morgan fingerprint density at radius 1 is 0.980 bits per heavy atom. The number of hydrogen-bond donors (Lipinski definition) is 1. The van der Waals surface area contributed by atoms with E-state index in [0.717, 1.165) is 18.4 Å². The first kappa shape index (κ1) is 37.2. The average molecular weight is 710 g/mol. The van der Waals surface area contributed by atoms with Crippen LogP contribution in [0.5, 0.6) is 5.75 Å². The highest BCUT2D eigenvalue weighted by atomic mass is 32.2. The number of carbonyl (C=O) groups is 2. The van der Waals surface area contributed by atoms with Gasteiger partial charge in [0, 0.05) is 49.4 Å². The van der Waals surface area contributed by atoms with Crippen LogP contribution in [0.25, 0.3) is 11.1 Å². The molecule has 0 spiro atoms. The Balaban J connectivity index is 1.63. The summed E-state index contributed by atoms with van der Waals surface area (Å²) in [6.07, 6.45) is 0.903. The van der Waals surface area contributed by atoms with Gasteiger partial charge in [-0.05, 0) is 81.3 Å². The molecule has 1 aromatic heterocycles. The van der Waals surface area contributed by atoms with E-state index >= 15 is 0 Å². The van der Waals surface area contributed by atoms with Crippen LogP contribution in [0.3, 0.4) is 0 Å². The van der Waals surface area contributed by atoms with E-state index in [1.807, 2.05) is 12.1 Å². The Hall–Kier alpha value is -4.03. The van der Waals surface area contributed by atoms with E-state index in [4.69, 9.17) is 14.5 Å². The van der Waals surface area contributed by atoms with Crippen molar-refractivity contribution in [3.63, 3.8) is 0 Å². The van der Waals surface area contributed by atoms with Crippen LogP contribution in [-0.4, -0.2) is 85.2 Å². The number of carboxylic acid groups (broad SMARTS) is 1. The van der Waals surface area contributed by atoms with Gasteiger partial charge in [-0.25, -0.2) is 22.6 Å². The first-order chi connectivity index (χ1) is 23.4. The molecule has 2 aliphatic heterocycles. The van der Waals surface area contributed by atoms with Gasteiger partial charge in [0.05, 0.1) is 29.4 Å². The summed E-state index contributed by atoms with van der Waals surface area (Å²) in [5.41, 5.74) is 2.80. The van der Waals surface area contributed by atoms with Crippen LogP contribution in [0.4, 0.5) is 10.1 Å². The van der Waals surface area contributed by atoms with E-state index < -0.39 is 33.4 Å². The van der Waals surface area contributed by atoms with Gasteiger partial charge in [-0.3, -0.25) is 4.79 Å². The molecule has 0 radical (unpaired) electrons. The molecule has 5 rings (SSSR count). The van der Waals surface area contributed by atoms with Crippen molar-refractivity contribution in [1.82, 2.24) is 9.88 Å². The van der Waals surface area contributed by atoms with Crippen molar-refractivity contribution in [2.45, 2.75) is 72.5 Å². The summed E-state index contributed by atoms with van der Waals surface area (Å²) in [6, 6.07) is 13.5. The van der Waals surface area contributed by atoms with Crippen molar-refractivity contribution < 1.29 is 37.0 Å². The number of pyridine rings is 1. The number of aromatic nitrogens is 1. The number of halogens is 1. The molecule has 2 fully saturated rings. The second kappa shape index (κ2) is 14.7. The maximum atomic E-state index is 14.4. The minimum absolute atomic E-state index is 0.0437. The summed E-state index contributed by atoms with van der Waals surface area (Å²) in [5.74, 6) is -1.56. The number of carbonyl (C=O) groups excluding carboxylic acids is 1. The summed E-state index contributed by atoms with van der Waals surface area (Å²) in [7, 11) is -3.25. The van der Waals surface area contributed by atoms with Crippen LogP contribution >= 0.6 is 0 Å². The van der Waals surface area contributed by atoms with Gasteiger partial charge in [0.15, 0.2) is 15.9 Å². The molecule has 0 aliphatic carbocycles. The summed E-state index contributed by atoms with van der Waals surface area (Å²) < 4.78 is 50.1. The molecule has 3 heterocycles. The lowest BCUT2D eigenvalue weighted by atomic mass is 9.81. The quantitative estimate of drug-likeness (QED) is 0.260. The second-order valence-electron chi connectivity index (χ2n) is 15.0. The summed E-state index contributed by atoms with van der Waals surface area (Å²) in [4.78, 5) is 35.8. The van der Waals surface area contributed by atoms with Crippen LogP contribution in [-0.2, 0) is 25.8 Å². The molecule has 0 saturated carbocycles. The molecule has 1 amide bonds. The topological polar surface area (TPSA) is 126 Å². The lowest BCUT2D eigenvalue weighted by molar-refractivity contribution is -0.160. The van der Waals surface area contributed by atoms with Gasteiger partial charge in [-0.1, -0.05) is 38.1 Å². The highest BCUT2D eigenvalue weighted by Crippen LogP contribution is 2.45. The van der Waals surface area contributed by atoms with Gasteiger partial charge in [0.25, 0.3) is 5.91 Å². The van der Waals surface area contributed by atoms with Crippen LogP contribution in [0, 0.1) is 18.2 Å². The maximum Gasteiger partial charge on any atom is 0.337 e. The SMILES string of the molecule is Cc1nc(C(=O)N2CCS(=O)(=O)CC2)c(-c2ccc(OCCc3ccc(F)cc3)cc2)c(N2CCC(C)(C)CC2)c1[C@H](OC(C)(C)C)C(=O)O. The lowest BCUT2D eigenvalue weighted by Gasteiger charge is -2.41. The monoisotopic (exact) mass is 709 g/mol. The minimum Gasteiger partial charge on any atom is -0.493 e. The zero-order valence-electron chi connectivity index (χ0n) is 29.8. The molecule has 50 heavy (non-hydrogen) atoms. The van der Waals surface area contributed by atoms with Gasteiger partial charge in [0.2, 0.25) is 0 Å². The largest absolute Gasteiger partial charge is 0.493 e. The molecular weight excluding hydrogens is 661 g/mol. The number of ether oxygens (including phenoxy) is 2. The Kier molecular flexibility index (Phi) is 10.9. The van der Waals surface area contributed by atoms with Crippen molar-refractivity contribution in [3.05, 3.63) is 76.9 Å². The third-order valence-electron chi connectivity index (χ3n) is 9.34. The Bertz CT molecular complexity index is 1800. The molecule has 2 aromatic carbocycles. The van der Waals surface area contributed by atoms with Crippen molar-refractivity contribution in [2.24, 2.45) is 5.41 Å². The number of aryl methyl sites for hydroxylation is 1. The van der Waals surface area contributed by atoms with Crippen LogP contribution in [0.2, 0.25) is 0 Å². The number of hydrogen-bond acceptors (Lipinski definition) is 8. The van der Waals surface area contributed by atoms with E-state index in [9.17, 15) is 27.5 Å². The number of aliphatic carboxylic acids is 1. The molecule has 1 atom stereocenters. The molecule has 2 aliphatic rings. The molecule has 10 nitrogen and oxygen atoms in total. The van der Waals surface area contributed by atoms with E-state index in [1.165, 1.54) is 17.0 Å². The zero-order chi connectivity index (χ0) is 36.4. The smallest absolute Gasteiger partial charge is 0.337 e. The predicted molar refractivity (Wildman–Crippen MR) is 191 cm³/mol. The van der Waals surface area contributed by atoms with E-state index in [1.54, 1.807) is 52.0 Å². The number of nitrogens with zero attached hydrogens (tertiary/aromatic N) is 3. The molecule has 270 valence electrons. The summed E-state index contributed by atoms with van der Waals surface area (Å²) >= 11 is 0. The molecular formula is C38H48FN3O7S. The zero-order valence-corrected chi connectivity index (χ0v) is 30.6. The predicted octanol–water partition coefficient (Wildman–Crippen LogP) is 6.26.